The molecule has 1 aliphatic heterocycles. The van der Waals surface area contributed by atoms with E-state index in [0.29, 0.717) is 30.0 Å². The van der Waals surface area contributed by atoms with E-state index >= 15 is 0 Å². The summed E-state index contributed by atoms with van der Waals surface area (Å²) < 4.78 is 48.0. The Morgan fingerprint density at radius 2 is 2.03 bits per heavy atom. The third-order valence-electron chi connectivity index (χ3n) is 5.90. The number of rotatable bonds is 3. The summed E-state index contributed by atoms with van der Waals surface area (Å²) in [6.45, 7) is 2.36. The zero-order valence-electron chi connectivity index (χ0n) is 17.8. The maximum atomic E-state index is 13.6. The standard InChI is InChI=1S/C22H17F3N8O/c1-12-4-2-7-26-17(12)20-29-30-21(34-20)32-9-6-14-18(28-11-27-14)19(32)15-10-16-13(22(23,24)25)5-3-8-33(16)31-15/h2-5,7-8,10-11,19H,6,9H2,1H3,(H,27,28)/t19-/m1/s1. The molecule has 34 heavy (non-hydrogen) atoms. The van der Waals surface area contributed by atoms with E-state index in [0.717, 1.165) is 17.3 Å². The number of nitrogens with zero attached hydrogens (tertiary/aromatic N) is 7. The highest BCUT2D eigenvalue weighted by Gasteiger charge is 2.38. The van der Waals surface area contributed by atoms with E-state index < -0.39 is 17.8 Å². The largest absolute Gasteiger partial charge is 0.418 e. The van der Waals surface area contributed by atoms with Crippen LogP contribution in [0.25, 0.3) is 17.1 Å². The molecule has 0 aliphatic carbocycles. The van der Waals surface area contributed by atoms with E-state index in [2.05, 4.69) is 30.2 Å². The normalized spacial score (nSPS) is 16.2. The van der Waals surface area contributed by atoms with E-state index in [1.807, 2.05) is 24.0 Å². The second kappa shape index (κ2) is 7.40. The molecule has 0 aromatic carbocycles. The number of H-pyrrole nitrogens is 1. The van der Waals surface area contributed by atoms with Crippen molar-refractivity contribution in [3.8, 4) is 11.6 Å². The summed E-state index contributed by atoms with van der Waals surface area (Å²) in [5, 5.41) is 12.8. The summed E-state index contributed by atoms with van der Waals surface area (Å²) in [6.07, 6.45) is 0.801. The van der Waals surface area contributed by atoms with Gasteiger partial charge < -0.3 is 14.3 Å². The van der Waals surface area contributed by atoms with Crippen molar-refractivity contribution in [3.05, 3.63) is 77.3 Å². The molecule has 1 atom stereocenters. The van der Waals surface area contributed by atoms with Crippen LogP contribution in [0.5, 0.6) is 0 Å². The molecule has 1 N–H and O–H groups in total. The molecule has 6 heterocycles. The van der Waals surface area contributed by atoms with Gasteiger partial charge in [0.2, 0.25) is 0 Å². The summed E-state index contributed by atoms with van der Waals surface area (Å²) >= 11 is 0. The number of aromatic amines is 1. The number of nitrogens with one attached hydrogen (secondary N) is 1. The Morgan fingerprint density at radius 1 is 1.15 bits per heavy atom. The molecular formula is C22H17F3N8O. The molecule has 0 radical (unpaired) electrons. The van der Waals surface area contributed by atoms with Crippen LogP contribution in [-0.4, -0.2) is 41.3 Å². The van der Waals surface area contributed by atoms with Crippen molar-refractivity contribution in [2.75, 3.05) is 11.4 Å². The zero-order chi connectivity index (χ0) is 23.4. The summed E-state index contributed by atoms with van der Waals surface area (Å²) in [6, 6.07) is 7.10. The number of pyridine rings is 2. The fourth-order valence-corrected chi connectivity index (χ4v) is 4.33. The van der Waals surface area contributed by atoms with Crippen LogP contribution in [0.3, 0.4) is 0 Å². The predicted molar refractivity (Wildman–Crippen MR) is 114 cm³/mol. The van der Waals surface area contributed by atoms with E-state index in [4.69, 9.17) is 4.42 Å². The summed E-state index contributed by atoms with van der Waals surface area (Å²) in [7, 11) is 0. The van der Waals surface area contributed by atoms with Crippen molar-refractivity contribution >= 4 is 11.5 Å². The van der Waals surface area contributed by atoms with Gasteiger partial charge in [-0.3, -0.25) is 4.98 Å². The second-order valence-electron chi connectivity index (χ2n) is 7.99. The van der Waals surface area contributed by atoms with Crippen molar-refractivity contribution in [2.24, 2.45) is 0 Å². The highest BCUT2D eigenvalue weighted by molar-refractivity contribution is 5.59. The number of aromatic nitrogens is 7. The SMILES string of the molecule is Cc1cccnc1-c1nnc(N2CCc3[nH]cnc3[C@H]2c2cc3c(C(F)(F)F)cccn3n2)o1. The number of imidazole rings is 1. The van der Waals surface area contributed by atoms with Crippen molar-refractivity contribution in [1.82, 2.24) is 34.8 Å². The van der Waals surface area contributed by atoms with Gasteiger partial charge in [0.05, 0.1) is 28.8 Å². The van der Waals surface area contributed by atoms with Gasteiger partial charge in [0.25, 0.3) is 5.89 Å². The number of hydrogen-bond acceptors (Lipinski definition) is 7. The fraction of sp³-hybridized carbons (Fsp3) is 0.227. The van der Waals surface area contributed by atoms with Crippen LogP contribution >= 0.6 is 0 Å². The van der Waals surface area contributed by atoms with Gasteiger partial charge in [-0.25, -0.2) is 9.50 Å². The average molecular weight is 466 g/mol. The Balaban J connectivity index is 1.47. The van der Waals surface area contributed by atoms with Gasteiger partial charge in [0.15, 0.2) is 0 Å². The maximum Gasteiger partial charge on any atom is 0.418 e. The van der Waals surface area contributed by atoms with Crippen LogP contribution in [0.15, 0.2) is 53.5 Å². The first-order chi connectivity index (χ1) is 16.4. The highest BCUT2D eigenvalue weighted by Crippen LogP contribution is 2.39. The molecule has 5 aromatic heterocycles. The molecule has 1 aliphatic rings. The van der Waals surface area contributed by atoms with E-state index in [9.17, 15) is 13.2 Å². The Morgan fingerprint density at radius 3 is 2.85 bits per heavy atom. The number of alkyl halides is 3. The van der Waals surface area contributed by atoms with Crippen molar-refractivity contribution in [1.29, 1.82) is 0 Å². The number of anilines is 1. The molecule has 0 spiro atoms. The first kappa shape index (κ1) is 20.4. The average Bonchev–Trinajstić information content (AvgIpc) is 3.56. The molecule has 0 bridgehead atoms. The number of halogens is 3. The third-order valence-corrected chi connectivity index (χ3v) is 5.90. The lowest BCUT2D eigenvalue weighted by atomic mass is 10.00. The lowest BCUT2D eigenvalue weighted by Crippen LogP contribution is -2.36. The monoisotopic (exact) mass is 466 g/mol. The Kier molecular flexibility index (Phi) is 4.44. The lowest BCUT2D eigenvalue weighted by molar-refractivity contribution is -0.136. The topological polar surface area (TPSA) is 101 Å². The van der Waals surface area contributed by atoms with Crippen LogP contribution in [0.1, 0.15) is 34.3 Å². The first-order valence-corrected chi connectivity index (χ1v) is 10.5. The highest BCUT2D eigenvalue weighted by atomic mass is 19.4. The minimum atomic E-state index is -4.51. The van der Waals surface area contributed by atoms with Gasteiger partial charge in [-0.15, -0.1) is 5.10 Å². The smallest absolute Gasteiger partial charge is 0.402 e. The number of aryl methyl sites for hydroxylation is 1. The molecule has 0 amide bonds. The molecule has 5 aromatic rings. The molecule has 0 saturated heterocycles. The summed E-state index contributed by atoms with van der Waals surface area (Å²) in [5.41, 5.74) is 2.57. The third kappa shape index (κ3) is 3.21. The fourth-order valence-electron chi connectivity index (χ4n) is 4.33. The van der Waals surface area contributed by atoms with Gasteiger partial charge in [-0.2, -0.15) is 18.3 Å². The van der Waals surface area contributed by atoms with Gasteiger partial charge >= 0.3 is 12.2 Å². The second-order valence-corrected chi connectivity index (χ2v) is 7.99. The molecule has 9 nitrogen and oxygen atoms in total. The van der Waals surface area contributed by atoms with Gasteiger partial charge in [0, 0.05) is 31.1 Å². The van der Waals surface area contributed by atoms with Gasteiger partial charge in [-0.05, 0) is 36.8 Å². The predicted octanol–water partition coefficient (Wildman–Crippen LogP) is 3.98. The maximum absolute atomic E-state index is 13.6. The Bertz CT molecular complexity index is 1500. The van der Waals surface area contributed by atoms with Crippen LogP contribution in [-0.2, 0) is 12.6 Å². The minimum Gasteiger partial charge on any atom is -0.402 e. The van der Waals surface area contributed by atoms with Crippen LogP contribution in [0.4, 0.5) is 19.2 Å². The van der Waals surface area contributed by atoms with Gasteiger partial charge in [0.1, 0.15) is 11.7 Å². The number of hydrogen-bond donors (Lipinski definition) is 1. The molecule has 0 saturated carbocycles. The van der Waals surface area contributed by atoms with Gasteiger partial charge in [-0.1, -0.05) is 11.2 Å². The molecule has 0 fully saturated rings. The van der Waals surface area contributed by atoms with Crippen molar-refractivity contribution in [3.63, 3.8) is 0 Å². The first-order valence-electron chi connectivity index (χ1n) is 10.5. The van der Waals surface area contributed by atoms with Crippen LogP contribution in [0, 0.1) is 6.92 Å². The Hall–Kier alpha value is -4.22. The quantitative estimate of drug-likeness (QED) is 0.429. The molecule has 6 rings (SSSR count). The van der Waals surface area contributed by atoms with E-state index in [1.165, 1.54) is 22.8 Å². The van der Waals surface area contributed by atoms with Crippen LogP contribution in [0.2, 0.25) is 0 Å². The lowest BCUT2D eigenvalue weighted by Gasteiger charge is -2.32. The van der Waals surface area contributed by atoms with E-state index in [1.54, 1.807) is 12.5 Å². The Labute approximate surface area is 190 Å². The minimum absolute atomic E-state index is 0.0389. The van der Waals surface area contributed by atoms with Crippen LogP contribution < -0.4 is 4.90 Å². The molecule has 0 unspecified atom stereocenters. The van der Waals surface area contributed by atoms with E-state index in [-0.39, 0.29) is 17.4 Å². The number of fused-ring (bicyclic) bond motifs is 2. The zero-order valence-corrected chi connectivity index (χ0v) is 17.8. The van der Waals surface area contributed by atoms with Crippen molar-refractivity contribution < 1.29 is 17.6 Å². The molecule has 172 valence electrons. The summed E-state index contributed by atoms with van der Waals surface area (Å²) in [5.74, 6) is 0.258. The molecular weight excluding hydrogens is 449 g/mol. The summed E-state index contributed by atoms with van der Waals surface area (Å²) in [4.78, 5) is 13.7. The molecule has 12 heteroatoms. The van der Waals surface area contributed by atoms with Crippen molar-refractivity contribution in [2.45, 2.75) is 25.6 Å².